The van der Waals surface area contributed by atoms with Crippen molar-refractivity contribution in [3.8, 4) is 0 Å². The van der Waals surface area contributed by atoms with Crippen molar-refractivity contribution in [3.05, 3.63) is 0 Å². The Kier molecular flexibility index (Phi) is 7.39. The lowest BCUT2D eigenvalue weighted by Gasteiger charge is -2.22. The zero-order chi connectivity index (χ0) is 14.3. The molecule has 1 heterocycles. The van der Waals surface area contributed by atoms with Crippen molar-refractivity contribution in [2.75, 3.05) is 19.8 Å². The highest BCUT2D eigenvalue weighted by Crippen LogP contribution is 2.15. The van der Waals surface area contributed by atoms with Crippen molar-refractivity contribution >= 4 is 5.91 Å². The van der Waals surface area contributed by atoms with Gasteiger partial charge in [-0.25, -0.2) is 0 Å². The van der Waals surface area contributed by atoms with Crippen LogP contribution in [0.2, 0.25) is 0 Å². The van der Waals surface area contributed by atoms with E-state index in [0.29, 0.717) is 19.1 Å². The van der Waals surface area contributed by atoms with Crippen molar-refractivity contribution in [2.24, 2.45) is 11.8 Å². The molecule has 0 radical (unpaired) electrons. The van der Waals surface area contributed by atoms with Crippen LogP contribution < -0.4 is 10.6 Å². The molecule has 1 rings (SSSR count). The maximum atomic E-state index is 12.3. The molecule has 19 heavy (non-hydrogen) atoms. The molecule has 1 amide bonds. The SMILES string of the molecule is CCCNC1COCC1C(=O)NC(C)CC(C)CC. The van der Waals surface area contributed by atoms with Crippen LogP contribution >= 0.6 is 0 Å². The van der Waals surface area contributed by atoms with Crippen LogP contribution in [-0.2, 0) is 9.53 Å². The normalized spacial score (nSPS) is 26.1. The summed E-state index contributed by atoms with van der Waals surface area (Å²) in [5.74, 6) is 0.761. The summed E-state index contributed by atoms with van der Waals surface area (Å²) >= 11 is 0. The fraction of sp³-hybridized carbons (Fsp3) is 0.933. The molecule has 0 saturated carbocycles. The third-order valence-electron chi connectivity index (χ3n) is 3.92. The fourth-order valence-electron chi connectivity index (χ4n) is 2.52. The van der Waals surface area contributed by atoms with E-state index >= 15 is 0 Å². The Morgan fingerprint density at radius 2 is 2.05 bits per heavy atom. The molecule has 4 unspecified atom stereocenters. The number of ether oxygens (including phenoxy) is 1. The van der Waals surface area contributed by atoms with E-state index in [4.69, 9.17) is 4.74 Å². The topological polar surface area (TPSA) is 50.4 Å². The standard InChI is InChI=1S/C15H30N2O2/c1-5-7-16-14-10-19-9-13(14)15(18)17-12(4)8-11(3)6-2/h11-14,16H,5-10H2,1-4H3,(H,17,18). The van der Waals surface area contributed by atoms with E-state index < -0.39 is 0 Å². The van der Waals surface area contributed by atoms with Crippen LogP contribution in [0, 0.1) is 11.8 Å². The predicted molar refractivity (Wildman–Crippen MR) is 78.1 cm³/mol. The summed E-state index contributed by atoms with van der Waals surface area (Å²) in [5, 5.41) is 6.54. The molecule has 4 atom stereocenters. The summed E-state index contributed by atoms with van der Waals surface area (Å²) in [6.45, 7) is 10.8. The average Bonchev–Trinajstić information content (AvgIpc) is 2.84. The van der Waals surface area contributed by atoms with Crippen LogP contribution in [0.1, 0.15) is 47.0 Å². The third kappa shape index (κ3) is 5.49. The Hall–Kier alpha value is -0.610. The highest BCUT2D eigenvalue weighted by atomic mass is 16.5. The van der Waals surface area contributed by atoms with Crippen molar-refractivity contribution in [1.82, 2.24) is 10.6 Å². The molecule has 1 saturated heterocycles. The van der Waals surface area contributed by atoms with Gasteiger partial charge in [0.05, 0.1) is 19.1 Å². The Bertz CT molecular complexity index is 271. The minimum Gasteiger partial charge on any atom is -0.379 e. The van der Waals surface area contributed by atoms with Crippen molar-refractivity contribution < 1.29 is 9.53 Å². The van der Waals surface area contributed by atoms with E-state index in [1.165, 1.54) is 0 Å². The van der Waals surface area contributed by atoms with Crippen LogP contribution in [0.25, 0.3) is 0 Å². The second kappa shape index (κ2) is 8.54. The second-order valence-corrected chi connectivity index (χ2v) is 5.86. The molecule has 112 valence electrons. The molecule has 0 aromatic carbocycles. The largest absolute Gasteiger partial charge is 0.379 e. The smallest absolute Gasteiger partial charge is 0.227 e. The molecule has 2 N–H and O–H groups in total. The quantitative estimate of drug-likeness (QED) is 0.709. The van der Waals surface area contributed by atoms with Gasteiger partial charge in [-0.05, 0) is 32.2 Å². The van der Waals surface area contributed by atoms with E-state index in [2.05, 4.69) is 38.3 Å². The molecule has 4 nitrogen and oxygen atoms in total. The lowest BCUT2D eigenvalue weighted by molar-refractivity contribution is -0.126. The second-order valence-electron chi connectivity index (χ2n) is 5.86. The Labute approximate surface area is 117 Å². The first-order valence-electron chi connectivity index (χ1n) is 7.69. The van der Waals surface area contributed by atoms with Gasteiger partial charge in [0.1, 0.15) is 0 Å². The Morgan fingerprint density at radius 1 is 1.32 bits per heavy atom. The molecule has 1 aliphatic rings. The zero-order valence-electron chi connectivity index (χ0n) is 12.9. The van der Waals surface area contributed by atoms with Gasteiger partial charge in [0, 0.05) is 12.1 Å². The maximum absolute atomic E-state index is 12.3. The molecule has 1 fully saturated rings. The number of carbonyl (C=O) groups is 1. The summed E-state index contributed by atoms with van der Waals surface area (Å²) in [5.41, 5.74) is 0. The number of nitrogens with one attached hydrogen (secondary N) is 2. The summed E-state index contributed by atoms with van der Waals surface area (Å²) in [7, 11) is 0. The van der Waals surface area contributed by atoms with Gasteiger partial charge in [0.2, 0.25) is 5.91 Å². The predicted octanol–water partition coefficient (Wildman–Crippen LogP) is 1.94. The first-order valence-corrected chi connectivity index (χ1v) is 7.69. The van der Waals surface area contributed by atoms with Crippen LogP contribution in [-0.4, -0.2) is 37.7 Å². The molecule has 0 aromatic heterocycles. The molecular weight excluding hydrogens is 240 g/mol. The van der Waals surface area contributed by atoms with Crippen LogP contribution in [0.4, 0.5) is 0 Å². The van der Waals surface area contributed by atoms with Gasteiger partial charge in [-0.1, -0.05) is 27.2 Å². The molecule has 0 aliphatic carbocycles. The van der Waals surface area contributed by atoms with E-state index in [1.807, 2.05) is 0 Å². The molecule has 0 spiro atoms. The fourth-order valence-corrected chi connectivity index (χ4v) is 2.52. The van der Waals surface area contributed by atoms with Gasteiger partial charge in [-0.3, -0.25) is 4.79 Å². The lowest BCUT2D eigenvalue weighted by atomic mass is 9.98. The summed E-state index contributed by atoms with van der Waals surface area (Å²) in [6.07, 6.45) is 3.28. The maximum Gasteiger partial charge on any atom is 0.227 e. The highest BCUT2D eigenvalue weighted by Gasteiger charge is 2.33. The van der Waals surface area contributed by atoms with Crippen molar-refractivity contribution in [2.45, 2.75) is 59.0 Å². The Balaban J connectivity index is 2.38. The van der Waals surface area contributed by atoms with Gasteiger partial charge in [0.25, 0.3) is 0 Å². The van der Waals surface area contributed by atoms with Gasteiger partial charge in [0.15, 0.2) is 0 Å². The monoisotopic (exact) mass is 270 g/mol. The average molecular weight is 270 g/mol. The molecular formula is C15H30N2O2. The third-order valence-corrected chi connectivity index (χ3v) is 3.92. The summed E-state index contributed by atoms with van der Waals surface area (Å²) < 4.78 is 5.45. The number of hydrogen-bond donors (Lipinski definition) is 2. The van der Waals surface area contributed by atoms with Gasteiger partial charge in [-0.2, -0.15) is 0 Å². The van der Waals surface area contributed by atoms with Crippen LogP contribution in [0.5, 0.6) is 0 Å². The van der Waals surface area contributed by atoms with Gasteiger partial charge >= 0.3 is 0 Å². The number of hydrogen-bond acceptors (Lipinski definition) is 3. The van der Waals surface area contributed by atoms with E-state index in [1.54, 1.807) is 0 Å². The minimum absolute atomic E-state index is 0.0362. The van der Waals surface area contributed by atoms with Crippen molar-refractivity contribution in [1.29, 1.82) is 0 Å². The van der Waals surface area contributed by atoms with Gasteiger partial charge in [-0.15, -0.1) is 0 Å². The van der Waals surface area contributed by atoms with E-state index in [0.717, 1.165) is 25.8 Å². The highest BCUT2D eigenvalue weighted by molar-refractivity contribution is 5.80. The van der Waals surface area contributed by atoms with Crippen molar-refractivity contribution in [3.63, 3.8) is 0 Å². The molecule has 4 heteroatoms. The van der Waals surface area contributed by atoms with Gasteiger partial charge < -0.3 is 15.4 Å². The number of carbonyl (C=O) groups excluding carboxylic acids is 1. The zero-order valence-corrected chi connectivity index (χ0v) is 12.9. The molecule has 1 aliphatic heterocycles. The number of amides is 1. The van der Waals surface area contributed by atoms with Crippen LogP contribution in [0.15, 0.2) is 0 Å². The van der Waals surface area contributed by atoms with Crippen LogP contribution in [0.3, 0.4) is 0 Å². The Morgan fingerprint density at radius 3 is 2.68 bits per heavy atom. The minimum atomic E-state index is -0.0362. The summed E-state index contributed by atoms with van der Waals surface area (Å²) in [4.78, 5) is 12.3. The van der Waals surface area contributed by atoms with E-state index in [9.17, 15) is 4.79 Å². The number of rotatable bonds is 8. The summed E-state index contributed by atoms with van der Waals surface area (Å²) in [6, 6.07) is 0.422. The van der Waals surface area contributed by atoms with E-state index in [-0.39, 0.29) is 23.9 Å². The first kappa shape index (κ1) is 16.4. The lowest BCUT2D eigenvalue weighted by Crippen LogP contribution is -2.46. The molecule has 0 aromatic rings. The first-order chi connectivity index (χ1) is 9.08. The molecule has 0 bridgehead atoms.